The fraction of sp³-hybridized carbons (Fsp3) is 0.517. The molecule has 3 unspecified atom stereocenters. The first-order valence-corrected chi connectivity index (χ1v) is 13.8. The third-order valence-corrected chi connectivity index (χ3v) is 8.06. The lowest BCUT2D eigenvalue weighted by atomic mass is 10.1. The van der Waals surface area contributed by atoms with Crippen LogP contribution in [0.4, 0.5) is 5.69 Å². The zero-order valence-corrected chi connectivity index (χ0v) is 22.5. The quantitative estimate of drug-likeness (QED) is 0.409. The molecule has 0 aromatic heterocycles. The number of amides is 2. The first-order valence-electron chi connectivity index (χ1n) is 13.8. The molecule has 0 bridgehead atoms. The Balaban J connectivity index is 1.40. The number of likely N-dealkylation sites (tertiary alicyclic amines) is 1. The third kappa shape index (κ3) is 6.46. The number of nitrogens with one attached hydrogen (secondary N) is 1. The maximum absolute atomic E-state index is 13.8. The molecule has 3 saturated heterocycles. The summed E-state index contributed by atoms with van der Waals surface area (Å²) in [4.78, 5) is 44.2. The summed E-state index contributed by atoms with van der Waals surface area (Å²) in [5.74, 6) is -0.120. The van der Waals surface area contributed by atoms with Crippen LogP contribution in [0.15, 0.2) is 48.5 Å². The summed E-state index contributed by atoms with van der Waals surface area (Å²) in [6.07, 6.45) is 2.62. The Morgan fingerprint density at radius 3 is 2.46 bits per heavy atom. The molecule has 0 radical (unpaired) electrons. The number of ether oxygens (including phenoxy) is 1. The van der Waals surface area contributed by atoms with Crippen LogP contribution in [0.25, 0.3) is 0 Å². The Morgan fingerprint density at radius 2 is 1.82 bits per heavy atom. The van der Waals surface area contributed by atoms with Crippen LogP contribution in [-0.4, -0.2) is 95.5 Å². The van der Waals surface area contributed by atoms with Crippen LogP contribution >= 0.6 is 0 Å². The Labute approximate surface area is 229 Å². The van der Waals surface area contributed by atoms with Crippen molar-refractivity contribution >= 4 is 17.5 Å². The molecule has 3 atom stereocenters. The van der Waals surface area contributed by atoms with Crippen molar-refractivity contribution in [1.29, 1.82) is 0 Å². The van der Waals surface area contributed by atoms with Crippen molar-refractivity contribution in [3.8, 4) is 0 Å². The molecule has 3 aliphatic rings. The number of aryl methyl sites for hydroxylation is 1. The van der Waals surface area contributed by atoms with Gasteiger partial charge in [-0.15, -0.1) is 0 Å². The predicted molar refractivity (Wildman–Crippen MR) is 146 cm³/mol. The van der Waals surface area contributed by atoms with E-state index in [0.717, 1.165) is 43.7 Å². The van der Waals surface area contributed by atoms with E-state index < -0.39 is 11.0 Å². The third-order valence-electron chi connectivity index (χ3n) is 8.06. The molecule has 0 aliphatic carbocycles. The minimum atomic E-state index is -0.536. The number of nitro benzene ring substituents is 1. The predicted octanol–water partition coefficient (Wildman–Crippen LogP) is 2.60. The number of rotatable bonds is 8. The molecule has 10 nitrogen and oxygen atoms in total. The Hall–Kier alpha value is -3.34. The van der Waals surface area contributed by atoms with Gasteiger partial charge in [0, 0.05) is 76.2 Å². The zero-order valence-electron chi connectivity index (χ0n) is 22.5. The van der Waals surface area contributed by atoms with Crippen LogP contribution in [0.3, 0.4) is 0 Å². The highest BCUT2D eigenvalue weighted by molar-refractivity contribution is 5.98. The van der Waals surface area contributed by atoms with E-state index in [-0.39, 0.29) is 29.6 Å². The fourth-order valence-electron chi connectivity index (χ4n) is 5.85. The van der Waals surface area contributed by atoms with E-state index in [1.54, 1.807) is 17.0 Å². The van der Waals surface area contributed by atoms with Crippen LogP contribution in [0.2, 0.25) is 0 Å². The van der Waals surface area contributed by atoms with Gasteiger partial charge in [-0.1, -0.05) is 29.8 Å². The summed E-state index contributed by atoms with van der Waals surface area (Å²) in [7, 11) is 0. The molecule has 2 aromatic rings. The number of nitrogens with zero attached hydrogens (tertiary/aromatic N) is 4. The fourth-order valence-corrected chi connectivity index (χ4v) is 5.85. The van der Waals surface area contributed by atoms with Gasteiger partial charge in [0.1, 0.15) is 6.04 Å². The number of benzene rings is 2. The summed E-state index contributed by atoms with van der Waals surface area (Å²) in [6.45, 7) is 7.17. The zero-order chi connectivity index (χ0) is 27.4. The van der Waals surface area contributed by atoms with Gasteiger partial charge in [0.25, 0.3) is 11.6 Å². The maximum Gasteiger partial charge on any atom is 0.269 e. The molecular formula is C29H37N5O5. The molecule has 2 aromatic carbocycles. The summed E-state index contributed by atoms with van der Waals surface area (Å²) >= 11 is 0. The Morgan fingerprint density at radius 1 is 1.10 bits per heavy atom. The lowest BCUT2D eigenvalue weighted by Crippen LogP contribution is -2.53. The van der Waals surface area contributed by atoms with Gasteiger partial charge >= 0.3 is 0 Å². The second-order valence-electron chi connectivity index (χ2n) is 10.8. The number of carbonyl (C=O) groups excluding carboxylic acids is 2. The molecule has 208 valence electrons. The first kappa shape index (κ1) is 27.2. The van der Waals surface area contributed by atoms with Gasteiger partial charge in [-0.2, -0.15) is 0 Å². The van der Waals surface area contributed by atoms with Crippen LogP contribution in [0.1, 0.15) is 40.7 Å². The molecular weight excluding hydrogens is 498 g/mol. The molecule has 2 amide bonds. The Bertz CT molecular complexity index is 1160. The van der Waals surface area contributed by atoms with E-state index in [4.69, 9.17) is 4.74 Å². The highest BCUT2D eigenvalue weighted by Gasteiger charge is 2.44. The molecule has 3 heterocycles. The van der Waals surface area contributed by atoms with Gasteiger partial charge < -0.3 is 19.9 Å². The minimum absolute atomic E-state index is 0.00636. The van der Waals surface area contributed by atoms with E-state index in [1.165, 1.54) is 12.1 Å². The van der Waals surface area contributed by atoms with Crippen LogP contribution in [-0.2, 0) is 16.1 Å². The van der Waals surface area contributed by atoms with Gasteiger partial charge in [-0.25, -0.2) is 0 Å². The van der Waals surface area contributed by atoms with Gasteiger partial charge in [0.2, 0.25) is 5.91 Å². The number of piperazine rings is 1. The van der Waals surface area contributed by atoms with Crippen LogP contribution in [0.5, 0.6) is 0 Å². The lowest BCUT2D eigenvalue weighted by molar-refractivity contribution is -0.384. The average Bonchev–Trinajstić information content (AvgIpc) is 3.64. The number of hydrogen-bond acceptors (Lipinski definition) is 7. The number of non-ortho nitro benzene ring substituents is 1. The van der Waals surface area contributed by atoms with Crippen molar-refractivity contribution in [2.75, 3.05) is 45.9 Å². The normalized spacial score (nSPS) is 23.4. The average molecular weight is 536 g/mol. The van der Waals surface area contributed by atoms with E-state index >= 15 is 0 Å². The highest BCUT2D eigenvalue weighted by atomic mass is 16.6. The largest absolute Gasteiger partial charge is 0.377 e. The summed E-state index contributed by atoms with van der Waals surface area (Å²) < 4.78 is 5.96. The summed E-state index contributed by atoms with van der Waals surface area (Å²) in [6, 6.07) is 13.6. The maximum atomic E-state index is 13.8. The van der Waals surface area contributed by atoms with E-state index in [0.29, 0.717) is 44.7 Å². The SMILES string of the molecule is Cc1ccc(C(=O)N2CC(N(Cc3ccc([N+](=O)[O-])cc3)CC3CCCO3)CC2C(=O)N2CCNCC2)cc1. The van der Waals surface area contributed by atoms with E-state index in [1.807, 2.05) is 36.1 Å². The standard InChI is InChI=1S/C29H37N5O5/c1-21-4-8-23(9-5-21)28(35)33-19-25(17-27(33)29(36)31-14-12-30-13-15-31)32(20-26-3-2-16-39-26)18-22-6-10-24(11-7-22)34(37)38/h4-11,25-27,30H,2-3,12-20H2,1H3. The lowest BCUT2D eigenvalue weighted by Gasteiger charge is -2.32. The smallest absolute Gasteiger partial charge is 0.269 e. The van der Waals surface area contributed by atoms with Crippen molar-refractivity contribution in [2.24, 2.45) is 0 Å². The van der Waals surface area contributed by atoms with Crippen molar-refractivity contribution in [1.82, 2.24) is 20.0 Å². The first-order chi connectivity index (χ1) is 18.9. The highest BCUT2D eigenvalue weighted by Crippen LogP contribution is 2.29. The molecule has 3 aliphatic heterocycles. The second-order valence-corrected chi connectivity index (χ2v) is 10.8. The van der Waals surface area contributed by atoms with Crippen molar-refractivity contribution in [3.05, 3.63) is 75.3 Å². The number of nitro groups is 1. The number of hydrogen-bond donors (Lipinski definition) is 1. The minimum Gasteiger partial charge on any atom is -0.377 e. The van der Waals surface area contributed by atoms with Crippen LogP contribution < -0.4 is 5.32 Å². The number of carbonyl (C=O) groups is 2. The molecule has 5 rings (SSSR count). The molecule has 0 spiro atoms. The van der Waals surface area contributed by atoms with Crippen molar-refractivity contribution in [3.63, 3.8) is 0 Å². The molecule has 3 fully saturated rings. The van der Waals surface area contributed by atoms with E-state index in [9.17, 15) is 19.7 Å². The molecule has 0 saturated carbocycles. The monoisotopic (exact) mass is 535 g/mol. The van der Waals surface area contributed by atoms with Crippen LogP contribution in [0, 0.1) is 17.0 Å². The van der Waals surface area contributed by atoms with Gasteiger partial charge in [0.05, 0.1) is 11.0 Å². The Kier molecular flexibility index (Phi) is 8.54. The topological polar surface area (TPSA) is 108 Å². The summed E-state index contributed by atoms with van der Waals surface area (Å²) in [5.41, 5.74) is 2.67. The van der Waals surface area contributed by atoms with Crippen molar-refractivity contribution in [2.45, 2.75) is 50.9 Å². The van der Waals surface area contributed by atoms with Gasteiger partial charge in [-0.3, -0.25) is 24.6 Å². The molecule has 10 heteroatoms. The van der Waals surface area contributed by atoms with E-state index in [2.05, 4.69) is 10.2 Å². The summed E-state index contributed by atoms with van der Waals surface area (Å²) in [5, 5.41) is 14.4. The second kappa shape index (κ2) is 12.2. The van der Waals surface area contributed by atoms with Gasteiger partial charge in [0.15, 0.2) is 0 Å². The van der Waals surface area contributed by atoms with Crippen molar-refractivity contribution < 1.29 is 19.2 Å². The van der Waals surface area contributed by atoms with Gasteiger partial charge in [-0.05, 0) is 43.9 Å². The molecule has 39 heavy (non-hydrogen) atoms. The molecule has 1 N–H and O–H groups in total.